The Morgan fingerprint density at radius 1 is 1.45 bits per heavy atom. The van der Waals surface area contributed by atoms with E-state index in [9.17, 15) is 26.4 Å². The van der Waals surface area contributed by atoms with Crippen LogP contribution in [-0.2, 0) is 16.6 Å². The van der Waals surface area contributed by atoms with E-state index < -0.39 is 28.7 Å². The van der Waals surface area contributed by atoms with Crippen molar-refractivity contribution in [3.63, 3.8) is 0 Å². The number of aromatic amines is 1. The number of carbonyl (C=O) groups is 1. The summed E-state index contributed by atoms with van der Waals surface area (Å²) in [5.41, 5.74) is -0.344. The van der Waals surface area contributed by atoms with Gasteiger partial charge in [-0.3, -0.25) is 9.40 Å². The highest BCUT2D eigenvalue weighted by atomic mass is 32.2. The lowest BCUT2D eigenvalue weighted by Gasteiger charge is -2.06. The number of rotatable bonds is 5. The van der Waals surface area contributed by atoms with Crippen molar-refractivity contribution in [2.24, 2.45) is 0 Å². The maximum absolute atomic E-state index is 12.2. The molecule has 0 atom stereocenters. The lowest BCUT2D eigenvalue weighted by molar-refractivity contribution is -0.142. The fourth-order valence-corrected chi connectivity index (χ4v) is 2.53. The van der Waals surface area contributed by atoms with Crippen LogP contribution in [0.1, 0.15) is 10.5 Å². The molecule has 0 aliphatic carbocycles. The van der Waals surface area contributed by atoms with Crippen molar-refractivity contribution in [1.82, 2.24) is 14.8 Å². The lowest BCUT2D eigenvalue weighted by Crippen LogP contribution is -2.18. The van der Waals surface area contributed by atoms with E-state index >= 15 is 0 Å². The van der Waals surface area contributed by atoms with E-state index in [-0.39, 0.29) is 16.4 Å². The molecule has 12 heteroatoms. The fourth-order valence-electron chi connectivity index (χ4n) is 1.54. The van der Waals surface area contributed by atoms with E-state index in [1.807, 2.05) is 4.72 Å². The molecule has 0 saturated carbocycles. The van der Waals surface area contributed by atoms with Crippen LogP contribution in [0.4, 0.5) is 19.0 Å². The van der Waals surface area contributed by atoms with Gasteiger partial charge in [0, 0.05) is 18.5 Å². The van der Waals surface area contributed by atoms with Gasteiger partial charge in [0.15, 0.2) is 5.82 Å². The second kappa shape index (κ2) is 5.36. The van der Waals surface area contributed by atoms with Crippen LogP contribution in [0.2, 0.25) is 0 Å². The zero-order valence-electron chi connectivity index (χ0n) is 10.6. The number of anilines is 1. The smallest absolute Gasteiger partial charge is 0.408 e. The van der Waals surface area contributed by atoms with Gasteiger partial charge in [0.25, 0.3) is 10.0 Å². The Bertz CT molecular complexity index is 793. The van der Waals surface area contributed by atoms with Crippen molar-refractivity contribution in [2.75, 3.05) is 4.72 Å². The van der Waals surface area contributed by atoms with Crippen LogP contribution in [0.25, 0.3) is 0 Å². The first-order valence-electron chi connectivity index (χ1n) is 5.61. The molecule has 0 spiro atoms. The average molecular weight is 338 g/mol. The predicted molar refractivity (Wildman–Crippen MR) is 66.8 cm³/mol. The zero-order chi connectivity index (χ0) is 16.5. The summed E-state index contributed by atoms with van der Waals surface area (Å²) in [7, 11) is -4.16. The molecule has 8 nitrogen and oxygen atoms in total. The molecule has 0 radical (unpaired) electrons. The highest BCUT2D eigenvalue weighted by molar-refractivity contribution is 7.92. The van der Waals surface area contributed by atoms with E-state index in [0.29, 0.717) is 4.68 Å². The van der Waals surface area contributed by atoms with E-state index in [2.05, 4.69) is 10.1 Å². The van der Waals surface area contributed by atoms with Crippen LogP contribution in [0.5, 0.6) is 0 Å². The number of alkyl halides is 3. The lowest BCUT2D eigenvalue weighted by atomic mass is 10.4. The molecule has 2 heterocycles. The topological polar surface area (TPSA) is 117 Å². The molecule has 0 aliphatic heterocycles. The maximum atomic E-state index is 12.2. The molecule has 2 aromatic rings. The molecule has 0 saturated heterocycles. The van der Waals surface area contributed by atoms with Crippen LogP contribution in [0.15, 0.2) is 29.4 Å². The van der Waals surface area contributed by atoms with Crippen LogP contribution in [0.3, 0.4) is 0 Å². The predicted octanol–water partition coefficient (Wildman–Crippen LogP) is 1.27. The number of nitrogens with one attached hydrogen (secondary N) is 2. The molecule has 2 rings (SSSR count). The fraction of sp³-hybridized carbons (Fsp3) is 0.200. The van der Waals surface area contributed by atoms with Crippen molar-refractivity contribution in [3.05, 3.63) is 30.2 Å². The van der Waals surface area contributed by atoms with Gasteiger partial charge in [-0.15, -0.1) is 0 Å². The highest BCUT2D eigenvalue weighted by Crippen LogP contribution is 2.19. The maximum Gasteiger partial charge on any atom is 0.408 e. The van der Waals surface area contributed by atoms with Crippen molar-refractivity contribution in [2.45, 2.75) is 17.6 Å². The molecular weight excluding hydrogens is 329 g/mol. The molecule has 0 aromatic carbocycles. The number of hydrogen-bond donors (Lipinski definition) is 3. The van der Waals surface area contributed by atoms with Gasteiger partial charge in [0.05, 0.1) is 0 Å². The molecule has 0 aliphatic rings. The molecule has 2 aromatic heterocycles. The Morgan fingerprint density at radius 2 is 2.14 bits per heavy atom. The molecule has 120 valence electrons. The SMILES string of the molecule is O=C(O)c1cc(S(=O)(=O)Nc2ccn(CC(F)(F)F)n2)c[nH]1. The summed E-state index contributed by atoms with van der Waals surface area (Å²) in [6.45, 7) is -1.36. The molecule has 22 heavy (non-hydrogen) atoms. The minimum Gasteiger partial charge on any atom is -0.477 e. The summed E-state index contributed by atoms with van der Waals surface area (Å²) in [5, 5.41) is 12.1. The average Bonchev–Trinajstić information content (AvgIpc) is 2.95. The van der Waals surface area contributed by atoms with Crippen molar-refractivity contribution in [3.8, 4) is 0 Å². The van der Waals surface area contributed by atoms with Crippen molar-refractivity contribution < 1.29 is 31.5 Å². The summed E-state index contributed by atoms with van der Waals surface area (Å²) in [6, 6.07) is 1.92. The van der Waals surface area contributed by atoms with E-state index in [0.717, 1.165) is 24.5 Å². The number of halogens is 3. The highest BCUT2D eigenvalue weighted by Gasteiger charge is 2.28. The Balaban J connectivity index is 2.16. The zero-order valence-corrected chi connectivity index (χ0v) is 11.4. The number of H-pyrrole nitrogens is 1. The molecule has 0 unspecified atom stereocenters. The van der Waals surface area contributed by atoms with Gasteiger partial charge >= 0.3 is 12.1 Å². The van der Waals surface area contributed by atoms with Crippen molar-refractivity contribution in [1.29, 1.82) is 0 Å². The number of nitrogens with zero attached hydrogens (tertiary/aromatic N) is 2. The van der Waals surface area contributed by atoms with Crippen molar-refractivity contribution >= 4 is 21.8 Å². The Kier molecular flexibility index (Phi) is 3.87. The van der Waals surface area contributed by atoms with Gasteiger partial charge in [-0.2, -0.15) is 18.3 Å². The van der Waals surface area contributed by atoms with Gasteiger partial charge in [-0.1, -0.05) is 0 Å². The van der Waals surface area contributed by atoms with E-state index in [1.165, 1.54) is 0 Å². The molecule has 3 N–H and O–H groups in total. The molecule has 0 bridgehead atoms. The van der Waals surface area contributed by atoms with E-state index in [1.54, 1.807) is 0 Å². The monoisotopic (exact) mass is 338 g/mol. The number of aromatic carboxylic acids is 1. The first kappa shape index (κ1) is 15.9. The first-order chi connectivity index (χ1) is 10.1. The Labute approximate surface area is 121 Å². The first-order valence-corrected chi connectivity index (χ1v) is 7.10. The number of carboxylic acid groups (broad SMARTS) is 1. The standard InChI is InChI=1S/C10H9F3N4O4S/c11-10(12,13)5-17-2-1-8(15-17)16-22(20,21)6-3-7(9(18)19)14-4-6/h1-4,14H,5H2,(H,15,16)(H,18,19). The quantitative estimate of drug-likeness (QED) is 0.759. The Morgan fingerprint density at radius 3 is 2.68 bits per heavy atom. The van der Waals surface area contributed by atoms with Gasteiger partial charge in [-0.25, -0.2) is 13.2 Å². The minimum atomic E-state index is -4.49. The number of hydrogen-bond acceptors (Lipinski definition) is 4. The molecular formula is C10H9F3N4O4S. The summed E-state index contributed by atoms with van der Waals surface area (Å²) in [5.74, 6) is -1.67. The number of aromatic nitrogens is 3. The van der Waals surface area contributed by atoms with Crippen LogP contribution in [0, 0.1) is 0 Å². The third-order valence-electron chi connectivity index (χ3n) is 2.42. The Hall–Kier alpha value is -2.50. The second-order valence-electron chi connectivity index (χ2n) is 4.17. The summed E-state index contributed by atoms with van der Waals surface area (Å²) < 4.78 is 62.9. The van der Waals surface area contributed by atoms with Gasteiger partial charge in [0.2, 0.25) is 0 Å². The largest absolute Gasteiger partial charge is 0.477 e. The van der Waals surface area contributed by atoms with E-state index in [4.69, 9.17) is 5.11 Å². The summed E-state index contributed by atoms with van der Waals surface area (Å²) >= 11 is 0. The molecule has 0 amide bonds. The molecule has 0 fully saturated rings. The second-order valence-corrected chi connectivity index (χ2v) is 5.86. The van der Waals surface area contributed by atoms with Crippen LogP contribution >= 0.6 is 0 Å². The van der Waals surface area contributed by atoms with Gasteiger partial charge < -0.3 is 10.1 Å². The summed E-state index contributed by atoms with van der Waals surface area (Å²) in [6.07, 6.45) is -2.58. The van der Waals surface area contributed by atoms with Crippen LogP contribution in [-0.4, -0.2) is 40.4 Å². The van der Waals surface area contributed by atoms with Gasteiger partial charge in [0.1, 0.15) is 17.1 Å². The number of carboxylic acids is 1. The number of sulfonamides is 1. The third-order valence-corrected chi connectivity index (χ3v) is 3.75. The third kappa shape index (κ3) is 3.78. The minimum absolute atomic E-state index is 0.317. The van der Waals surface area contributed by atoms with Crippen LogP contribution < -0.4 is 4.72 Å². The normalized spacial score (nSPS) is 12.3. The summed E-state index contributed by atoms with van der Waals surface area (Å²) in [4.78, 5) is 12.5. The van der Waals surface area contributed by atoms with Gasteiger partial charge in [-0.05, 0) is 6.07 Å².